The van der Waals surface area contributed by atoms with Gasteiger partial charge in [-0.2, -0.15) is 0 Å². The molecular formula is C10H19BrO. The Kier molecular flexibility index (Phi) is 5.07. The van der Waals surface area contributed by atoms with Gasteiger partial charge in [0.1, 0.15) is 0 Å². The Balaban J connectivity index is 3.94. The largest absolute Gasteiger partial charge is 0.298 e. The minimum Gasteiger partial charge on any atom is -0.298 e. The van der Waals surface area contributed by atoms with Crippen LogP contribution < -0.4 is 0 Å². The number of ketones is 1. The standard InChI is InChI=1S/C10H19BrO/c1-5-6-7-8(11)9(12)10(2,3)4/h8H,5-7H2,1-4H3. The van der Waals surface area contributed by atoms with E-state index >= 15 is 0 Å². The molecule has 0 aromatic rings. The number of Topliss-reactive ketones (excluding diaryl/α,β-unsaturated/α-hetero) is 1. The summed E-state index contributed by atoms with van der Waals surface area (Å²) < 4.78 is 0. The van der Waals surface area contributed by atoms with Gasteiger partial charge in [-0.3, -0.25) is 4.79 Å². The van der Waals surface area contributed by atoms with Crippen molar-refractivity contribution in [1.29, 1.82) is 0 Å². The lowest BCUT2D eigenvalue weighted by molar-refractivity contribution is -0.125. The number of unbranched alkanes of at least 4 members (excludes halogenated alkanes) is 1. The molecule has 0 saturated heterocycles. The highest BCUT2D eigenvalue weighted by Gasteiger charge is 2.26. The van der Waals surface area contributed by atoms with Gasteiger partial charge in [0.15, 0.2) is 5.78 Å². The maximum Gasteiger partial charge on any atom is 0.151 e. The van der Waals surface area contributed by atoms with Gasteiger partial charge in [-0.1, -0.05) is 56.5 Å². The van der Waals surface area contributed by atoms with E-state index in [1.165, 1.54) is 0 Å². The maximum absolute atomic E-state index is 11.6. The molecule has 0 heterocycles. The van der Waals surface area contributed by atoms with Crippen LogP contribution in [0.2, 0.25) is 0 Å². The molecule has 0 aliphatic carbocycles. The zero-order chi connectivity index (χ0) is 9.78. The summed E-state index contributed by atoms with van der Waals surface area (Å²) in [6, 6.07) is 0. The molecule has 1 atom stereocenters. The molecule has 0 rings (SSSR count). The second-order valence-electron chi connectivity index (χ2n) is 4.22. The summed E-state index contributed by atoms with van der Waals surface area (Å²) in [6.45, 7) is 8.04. The molecule has 0 aliphatic heterocycles. The van der Waals surface area contributed by atoms with Crippen LogP contribution in [0.3, 0.4) is 0 Å². The van der Waals surface area contributed by atoms with Gasteiger partial charge in [-0.25, -0.2) is 0 Å². The number of alkyl halides is 1. The fourth-order valence-corrected chi connectivity index (χ4v) is 1.99. The van der Waals surface area contributed by atoms with Gasteiger partial charge >= 0.3 is 0 Å². The third-order valence-corrected chi connectivity index (χ3v) is 2.71. The van der Waals surface area contributed by atoms with Crippen LogP contribution in [-0.2, 0) is 4.79 Å². The van der Waals surface area contributed by atoms with Crippen molar-refractivity contribution < 1.29 is 4.79 Å². The summed E-state index contributed by atoms with van der Waals surface area (Å²) in [6.07, 6.45) is 3.24. The first kappa shape index (κ1) is 12.2. The average Bonchev–Trinajstić information content (AvgIpc) is 1.97. The number of carbonyl (C=O) groups excluding carboxylic acids is 1. The Hall–Kier alpha value is 0.150. The molecule has 1 unspecified atom stereocenters. The van der Waals surface area contributed by atoms with E-state index in [2.05, 4.69) is 22.9 Å². The molecule has 0 saturated carbocycles. The lowest BCUT2D eigenvalue weighted by Crippen LogP contribution is -2.28. The highest BCUT2D eigenvalue weighted by Crippen LogP contribution is 2.23. The van der Waals surface area contributed by atoms with Gasteiger partial charge < -0.3 is 0 Å². The average molecular weight is 235 g/mol. The van der Waals surface area contributed by atoms with E-state index in [1.54, 1.807) is 0 Å². The molecule has 0 aromatic carbocycles. The molecule has 0 N–H and O–H groups in total. The van der Waals surface area contributed by atoms with Gasteiger partial charge in [0.25, 0.3) is 0 Å². The van der Waals surface area contributed by atoms with Crippen LogP contribution >= 0.6 is 15.9 Å². The molecule has 0 radical (unpaired) electrons. The van der Waals surface area contributed by atoms with Crippen LogP contribution in [0.4, 0.5) is 0 Å². The van der Waals surface area contributed by atoms with Gasteiger partial charge in [0.2, 0.25) is 0 Å². The Labute approximate surface area is 84.1 Å². The summed E-state index contributed by atoms with van der Waals surface area (Å²) in [5.74, 6) is 0.316. The molecule has 0 spiro atoms. The van der Waals surface area contributed by atoms with Crippen LogP contribution in [0.1, 0.15) is 47.0 Å². The van der Waals surface area contributed by atoms with E-state index in [-0.39, 0.29) is 10.2 Å². The van der Waals surface area contributed by atoms with E-state index < -0.39 is 0 Å². The fourth-order valence-electron chi connectivity index (χ4n) is 0.984. The Bertz CT molecular complexity index is 146. The lowest BCUT2D eigenvalue weighted by atomic mass is 9.88. The molecule has 0 aliphatic rings. The number of rotatable bonds is 4. The first-order chi connectivity index (χ1) is 5.39. The van der Waals surface area contributed by atoms with Crippen molar-refractivity contribution in [1.82, 2.24) is 0 Å². The minimum atomic E-state index is -0.206. The van der Waals surface area contributed by atoms with Crippen LogP contribution in [0.15, 0.2) is 0 Å². The molecule has 12 heavy (non-hydrogen) atoms. The fraction of sp³-hybridized carbons (Fsp3) is 0.900. The van der Waals surface area contributed by atoms with Crippen LogP contribution in [0, 0.1) is 5.41 Å². The number of carbonyl (C=O) groups is 1. The van der Waals surface area contributed by atoms with Gasteiger partial charge in [0, 0.05) is 5.41 Å². The Morgan fingerprint density at radius 1 is 1.42 bits per heavy atom. The zero-order valence-corrected chi connectivity index (χ0v) is 10.1. The molecule has 0 aromatic heterocycles. The van der Waals surface area contributed by atoms with Crippen molar-refractivity contribution in [2.75, 3.05) is 0 Å². The highest BCUT2D eigenvalue weighted by atomic mass is 79.9. The monoisotopic (exact) mass is 234 g/mol. The second-order valence-corrected chi connectivity index (χ2v) is 5.33. The van der Waals surface area contributed by atoms with Crippen molar-refractivity contribution in [2.24, 2.45) is 5.41 Å². The smallest absolute Gasteiger partial charge is 0.151 e. The Morgan fingerprint density at radius 3 is 2.25 bits per heavy atom. The van der Waals surface area contributed by atoms with Crippen LogP contribution in [-0.4, -0.2) is 10.6 Å². The summed E-state index contributed by atoms with van der Waals surface area (Å²) in [5, 5.41) is 0. The summed E-state index contributed by atoms with van der Waals surface area (Å²) in [7, 11) is 0. The molecular weight excluding hydrogens is 216 g/mol. The maximum atomic E-state index is 11.6. The predicted octanol–water partition coefficient (Wildman–Crippen LogP) is 3.56. The molecule has 0 bridgehead atoms. The van der Waals surface area contributed by atoms with Gasteiger partial charge in [-0.05, 0) is 6.42 Å². The summed E-state index contributed by atoms with van der Waals surface area (Å²) in [5.41, 5.74) is -0.206. The van der Waals surface area contributed by atoms with Crippen molar-refractivity contribution in [3.05, 3.63) is 0 Å². The van der Waals surface area contributed by atoms with Crippen molar-refractivity contribution in [2.45, 2.75) is 51.8 Å². The van der Waals surface area contributed by atoms with Gasteiger partial charge in [-0.15, -0.1) is 0 Å². The second kappa shape index (κ2) is 5.00. The summed E-state index contributed by atoms with van der Waals surface area (Å²) in [4.78, 5) is 11.7. The number of hydrogen-bond acceptors (Lipinski definition) is 1. The van der Waals surface area contributed by atoms with Crippen molar-refractivity contribution >= 4 is 21.7 Å². The molecule has 72 valence electrons. The normalized spacial score (nSPS) is 14.4. The van der Waals surface area contributed by atoms with Crippen molar-refractivity contribution in [3.8, 4) is 0 Å². The molecule has 2 heteroatoms. The van der Waals surface area contributed by atoms with E-state index in [1.807, 2.05) is 20.8 Å². The third-order valence-electron chi connectivity index (χ3n) is 1.83. The van der Waals surface area contributed by atoms with Crippen molar-refractivity contribution in [3.63, 3.8) is 0 Å². The molecule has 0 amide bonds. The van der Waals surface area contributed by atoms with E-state index in [0.717, 1.165) is 19.3 Å². The van der Waals surface area contributed by atoms with Crippen LogP contribution in [0.25, 0.3) is 0 Å². The third kappa shape index (κ3) is 4.24. The predicted molar refractivity (Wildman–Crippen MR) is 56.7 cm³/mol. The number of hydrogen-bond donors (Lipinski definition) is 0. The number of halogens is 1. The molecule has 1 nitrogen and oxygen atoms in total. The van der Waals surface area contributed by atoms with E-state index in [4.69, 9.17) is 0 Å². The first-order valence-corrected chi connectivity index (χ1v) is 5.49. The zero-order valence-electron chi connectivity index (χ0n) is 8.48. The molecule has 0 fully saturated rings. The SMILES string of the molecule is CCCCC(Br)C(=O)C(C)(C)C. The topological polar surface area (TPSA) is 17.1 Å². The lowest BCUT2D eigenvalue weighted by Gasteiger charge is -2.20. The minimum absolute atomic E-state index is 0.0532. The first-order valence-electron chi connectivity index (χ1n) is 4.58. The van der Waals surface area contributed by atoms with Gasteiger partial charge in [0.05, 0.1) is 4.83 Å². The quantitative estimate of drug-likeness (QED) is 0.681. The van der Waals surface area contributed by atoms with E-state index in [0.29, 0.717) is 5.78 Å². The van der Waals surface area contributed by atoms with Crippen LogP contribution in [0.5, 0.6) is 0 Å². The van der Waals surface area contributed by atoms with E-state index in [9.17, 15) is 4.79 Å². The highest BCUT2D eigenvalue weighted by molar-refractivity contribution is 9.10. The Morgan fingerprint density at radius 2 is 1.92 bits per heavy atom. The summed E-state index contributed by atoms with van der Waals surface area (Å²) >= 11 is 3.43.